The summed E-state index contributed by atoms with van der Waals surface area (Å²) in [5, 5.41) is 6.83. The number of rotatable bonds is 10. The van der Waals surface area contributed by atoms with Crippen LogP contribution in [0.3, 0.4) is 0 Å². The third kappa shape index (κ3) is 6.97. The number of methoxy groups -OCH3 is 1. The number of hydrogen-bond donors (Lipinski definition) is 2. The van der Waals surface area contributed by atoms with E-state index in [0.717, 1.165) is 24.9 Å². The van der Waals surface area contributed by atoms with Gasteiger partial charge in [0.05, 0.1) is 24.3 Å². The minimum atomic E-state index is -0.525. The van der Waals surface area contributed by atoms with Gasteiger partial charge < -0.3 is 25.0 Å². The molecular weight excluding hydrogens is 563 g/mol. The maximum Gasteiger partial charge on any atom is 0.324 e. The van der Waals surface area contributed by atoms with Crippen LogP contribution in [0.1, 0.15) is 31.2 Å². The van der Waals surface area contributed by atoms with Crippen LogP contribution in [0.5, 0.6) is 6.01 Å². The molecule has 2 fully saturated rings. The lowest BCUT2D eigenvalue weighted by atomic mass is 10.0. The molecular formula is C30H34ClFN6O4. The van der Waals surface area contributed by atoms with Gasteiger partial charge in [0.1, 0.15) is 17.7 Å². The van der Waals surface area contributed by atoms with Crippen molar-refractivity contribution in [3.05, 3.63) is 58.9 Å². The maximum absolute atomic E-state index is 13.7. The Kier molecular flexibility index (Phi) is 9.20. The van der Waals surface area contributed by atoms with Gasteiger partial charge in [0.25, 0.3) is 0 Å². The molecule has 0 radical (unpaired) electrons. The smallest absolute Gasteiger partial charge is 0.324 e. The van der Waals surface area contributed by atoms with Crippen LogP contribution in [0.15, 0.2) is 42.5 Å². The third-order valence-electron chi connectivity index (χ3n) is 7.35. The highest BCUT2D eigenvalue weighted by Crippen LogP contribution is 2.45. The topological polar surface area (TPSA) is 109 Å². The first-order valence-electron chi connectivity index (χ1n) is 13.9. The van der Waals surface area contributed by atoms with Gasteiger partial charge in [-0.25, -0.2) is 4.39 Å². The second-order valence-corrected chi connectivity index (χ2v) is 10.9. The summed E-state index contributed by atoms with van der Waals surface area (Å²) in [5.74, 6) is -0.320. The highest BCUT2D eigenvalue weighted by Gasteiger charge is 2.31. The van der Waals surface area contributed by atoms with Gasteiger partial charge in [0.15, 0.2) is 0 Å². The van der Waals surface area contributed by atoms with Crippen LogP contribution < -0.4 is 15.4 Å². The summed E-state index contributed by atoms with van der Waals surface area (Å²) >= 11 is 5.98. The summed E-state index contributed by atoms with van der Waals surface area (Å²) in [5.41, 5.74) is 2.83. The Labute approximate surface area is 248 Å². The van der Waals surface area contributed by atoms with E-state index in [1.165, 1.54) is 25.3 Å². The summed E-state index contributed by atoms with van der Waals surface area (Å²) < 4.78 is 24.3. The lowest BCUT2D eigenvalue weighted by Gasteiger charge is -2.37. The minimum absolute atomic E-state index is 0.0220. The van der Waals surface area contributed by atoms with E-state index in [-0.39, 0.29) is 29.0 Å². The average Bonchev–Trinajstić information content (AvgIpc) is 3.81. The van der Waals surface area contributed by atoms with E-state index in [0.29, 0.717) is 60.3 Å². The minimum Gasteiger partial charge on any atom is -0.467 e. The second kappa shape index (κ2) is 13.0. The first kappa shape index (κ1) is 29.7. The number of halogens is 2. The number of amides is 1. The molecule has 0 bridgehead atoms. The molecule has 12 heteroatoms. The van der Waals surface area contributed by atoms with Crippen molar-refractivity contribution in [2.24, 2.45) is 0 Å². The molecule has 1 saturated heterocycles. The van der Waals surface area contributed by atoms with Gasteiger partial charge in [-0.05, 0) is 68.6 Å². The van der Waals surface area contributed by atoms with Crippen molar-refractivity contribution >= 4 is 51.6 Å². The highest BCUT2D eigenvalue weighted by molar-refractivity contribution is 6.31. The van der Waals surface area contributed by atoms with Gasteiger partial charge in [-0.2, -0.15) is 9.97 Å². The summed E-state index contributed by atoms with van der Waals surface area (Å²) in [7, 11) is 3.46. The summed E-state index contributed by atoms with van der Waals surface area (Å²) in [6.07, 6.45) is 5.30. The summed E-state index contributed by atoms with van der Waals surface area (Å²) in [6.45, 7) is 4.66. The van der Waals surface area contributed by atoms with Gasteiger partial charge in [-0.1, -0.05) is 17.7 Å². The first-order chi connectivity index (χ1) is 20.2. The lowest BCUT2D eigenvalue weighted by molar-refractivity contribution is -0.151. The fraction of sp³-hybridized carbons (Fsp3) is 0.400. The normalized spacial score (nSPS) is 17.9. The quantitative estimate of drug-likeness (QED) is 0.254. The number of carbonyl (C=O) groups is 2. The predicted octanol–water partition coefficient (Wildman–Crippen LogP) is 4.73. The van der Waals surface area contributed by atoms with E-state index in [4.69, 9.17) is 21.1 Å². The first-order valence-corrected chi connectivity index (χ1v) is 14.3. The van der Waals surface area contributed by atoms with E-state index < -0.39 is 5.82 Å². The van der Waals surface area contributed by atoms with Crippen molar-refractivity contribution in [1.29, 1.82) is 0 Å². The van der Waals surface area contributed by atoms with Gasteiger partial charge in [0, 0.05) is 49.0 Å². The monoisotopic (exact) mass is 596 g/mol. The fourth-order valence-corrected chi connectivity index (χ4v) is 5.20. The second-order valence-electron chi connectivity index (χ2n) is 10.5. The van der Waals surface area contributed by atoms with E-state index in [2.05, 4.69) is 25.5 Å². The van der Waals surface area contributed by atoms with Crippen molar-refractivity contribution < 1.29 is 23.5 Å². The molecule has 222 valence electrons. The molecule has 1 amide bonds. The van der Waals surface area contributed by atoms with Gasteiger partial charge >= 0.3 is 12.0 Å². The Morgan fingerprint density at radius 2 is 2.00 bits per heavy atom. The van der Waals surface area contributed by atoms with E-state index >= 15 is 0 Å². The van der Waals surface area contributed by atoms with Gasteiger partial charge in [-0.3, -0.25) is 14.5 Å². The van der Waals surface area contributed by atoms with Gasteiger partial charge in [-0.15, -0.1) is 0 Å². The number of hydrogen-bond acceptors (Lipinski definition) is 9. The van der Waals surface area contributed by atoms with Crippen molar-refractivity contribution in [2.75, 3.05) is 57.6 Å². The zero-order valence-electron chi connectivity index (χ0n) is 23.8. The molecule has 3 aromatic rings. The number of likely N-dealkylation sites (N-methyl/N-ethyl adjacent to an activating group) is 1. The molecule has 42 heavy (non-hydrogen) atoms. The average molecular weight is 597 g/mol. The van der Waals surface area contributed by atoms with Crippen LogP contribution in [-0.2, 0) is 14.3 Å². The van der Waals surface area contributed by atoms with Gasteiger partial charge in [0.2, 0.25) is 5.91 Å². The number of aromatic nitrogens is 2. The largest absolute Gasteiger partial charge is 0.467 e. The van der Waals surface area contributed by atoms with Crippen LogP contribution >= 0.6 is 11.6 Å². The number of nitrogens with zero attached hydrogens (tertiary/aromatic N) is 4. The van der Waals surface area contributed by atoms with E-state index in [1.807, 2.05) is 24.1 Å². The standard InChI is InChI=1S/C30H34ClFN6O4/c1-4-42-29(40)26-17-37(2)12-13-38(26)11-5-6-27(39)34-24-16-21-25(15-20(24)18-7-8-18)35-30(41-3)36-28(21)33-19-9-10-23(32)22(31)14-19/h5-6,9-10,14-16,18,26H,4,7-8,11-13,17H2,1-3H3,(H,34,39)(H,33,35,36). The zero-order chi connectivity index (χ0) is 29.8. The van der Waals surface area contributed by atoms with Crippen molar-refractivity contribution in [3.63, 3.8) is 0 Å². The molecule has 1 saturated carbocycles. The Balaban J connectivity index is 1.38. The molecule has 1 aliphatic heterocycles. The number of esters is 1. The summed E-state index contributed by atoms with van der Waals surface area (Å²) in [6, 6.07) is 7.89. The number of piperazine rings is 1. The van der Waals surface area contributed by atoms with Crippen molar-refractivity contribution in [1.82, 2.24) is 19.8 Å². The number of carbonyl (C=O) groups excluding carboxylic acids is 2. The number of anilines is 3. The molecule has 10 nitrogen and oxygen atoms in total. The molecule has 1 aromatic heterocycles. The Hall–Kier alpha value is -3.80. The van der Waals surface area contributed by atoms with E-state index in [9.17, 15) is 14.0 Å². The molecule has 0 spiro atoms. The van der Waals surface area contributed by atoms with Crippen LogP contribution in [0.2, 0.25) is 5.02 Å². The Morgan fingerprint density at radius 1 is 1.19 bits per heavy atom. The molecule has 1 unspecified atom stereocenters. The number of ether oxygens (including phenoxy) is 2. The fourth-order valence-electron chi connectivity index (χ4n) is 5.02. The number of benzene rings is 2. The van der Waals surface area contributed by atoms with Crippen LogP contribution in [-0.4, -0.2) is 84.6 Å². The van der Waals surface area contributed by atoms with Crippen LogP contribution in [0.4, 0.5) is 21.6 Å². The molecule has 2 aromatic carbocycles. The molecule has 2 N–H and O–H groups in total. The Bertz CT molecular complexity index is 1510. The predicted molar refractivity (Wildman–Crippen MR) is 160 cm³/mol. The lowest BCUT2D eigenvalue weighted by Crippen LogP contribution is -2.55. The molecule has 5 rings (SSSR count). The number of fused-ring (bicyclic) bond motifs is 1. The third-order valence-corrected chi connectivity index (χ3v) is 7.64. The summed E-state index contributed by atoms with van der Waals surface area (Å²) in [4.78, 5) is 38.7. The van der Waals surface area contributed by atoms with Crippen molar-refractivity contribution in [3.8, 4) is 6.01 Å². The van der Waals surface area contributed by atoms with Crippen LogP contribution in [0.25, 0.3) is 10.9 Å². The Morgan fingerprint density at radius 3 is 2.71 bits per heavy atom. The maximum atomic E-state index is 13.7. The van der Waals surface area contributed by atoms with E-state index in [1.54, 1.807) is 19.1 Å². The number of nitrogens with one attached hydrogen (secondary N) is 2. The van der Waals surface area contributed by atoms with Crippen molar-refractivity contribution in [2.45, 2.75) is 31.7 Å². The zero-order valence-corrected chi connectivity index (χ0v) is 24.6. The molecule has 1 atom stereocenters. The van der Waals surface area contributed by atoms with Crippen LogP contribution in [0, 0.1) is 5.82 Å². The molecule has 1 aliphatic carbocycles. The molecule has 2 heterocycles. The molecule has 2 aliphatic rings. The SMILES string of the molecule is CCOC(=O)C1CN(C)CCN1CC=CC(=O)Nc1cc2c(Nc3ccc(F)c(Cl)c3)nc(OC)nc2cc1C1CC1. The highest BCUT2D eigenvalue weighted by atomic mass is 35.5.